The number of carbonyl (C=O) groups is 1. The van der Waals surface area contributed by atoms with Gasteiger partial charge < -0.3 is 15.4 Å². The van der Waals surface area contributed by atoms with E-state index in [4.69, 9.17) is 10.5 Å². The number of piperidine rings is 1. The summed E-state index contributed by atoms with van der Waals surface area (Å²) in [5.74, 6) is 1.04. The van der Waals surface area contributed by atoms with Gasteiger partial charge in [0, 0.05) is 24.2 Å². The first-order valence-corrected chi connectivity index (χ1v) is 6.87. The van der Waals surface area contributed by atoms with Gasteiger partial charge in [0.15, 0.2) is 0 Å². The van der Waals surface area contributed by atoms with Gasteiger partial charge in [-0.2, -0.15) is 0 Å². The van der Waals surface area contributed by atoms with Crippen molar-refractivity contribution in [2.24, 2.45) is 5.92 Å². The molecule has 1 aliphatic heterocycles. The monoisotopic (exact) mass is 262 g/mol. The standard InChI is InChI=1S/C15H22N2O2/c1-11(2)15(18)17-8-4-7-14(10-17)19-13-6-3-5-12(16)9-13/h3,5-6,9,11,14H,4,7-8,10,16H2,1-2H3. The molecular weight excluding hydrogens is 240 g/mol. The Balaban J connectivity index is 1.96. The van der Waals surface area contributed by atoms with Crippen molar-refractivity contribution in [2.75, 3.05) is 18.8 Å². The highest BCUT2D eigenvalue weighted by molar-refractivity contribution is 5.78. The molecule has 0 bridgehead atoms. The molecule has 0 radical (unpaired) electrons. The Bertz CT molecular complexity index is 446. The summed E-state index contributed by atoms with van der Waals surface area (Å²) in [4.78, 5) is 13.9. The van der Waals surface area contributed by atoms with Crippen LogP contribution in [0.25, 0.3) is 0 Å². The summed E-state index contributed by atoms with van der Waals surface area (Å²) in [6.45, 7) is 5.38. The fourth-order valence-corrected chi connectivity index (χ4v) is 2.38. The molecule has 104 valence electrons. The van der Waals surface area contributed by atoms with Gasteiger partial charge in [0.25, 0.3) is 0 Å². The highest BCUT2D eigenvalue weighted by atomic mass is 16.5. The average molecular weight is 262 g/mol. The second kappa shape index (κ2) is 5.95. The number of nitrogens with zero attached hydrogens (tertiary/aromatic N) is 1. The Labute approximate surface area is 114 Å². The van der Waals surface area contributed by atoms with Gasteiger partial charge in [0.05, 0.1) is 6.54 Å². The van der Waals surface area contributed by atoms with E-state index in [0.717, 1.165) is 25.1 Å². The summed E-state index contributed by atoms with van der Waals surface area (Å²) < 4.78 is 5.92. The highest BCUT2D eigenvalue weighted by Gasteiger charge is 2.26. The van der Waals surface area contributed by atoms with E-state index in [1.807, 2.05) is 43.0 Å². The third-order valence-electron chi connectivity index (χ3n) is 3.34. The number of carbonyl (C=O) groups excluding carboxylic acids is 1. The first-order valence-electron chi connectivity index (χ1n) is 6.87. The zero-order chi connectivity index (χ0) is 13.8. The van der Waals surface area contributed by atoms with Crippen molar-refractivity contribution >= 4 is 11.6 Å². The Kier molecular flexibility index (Phi) is 4.30. The minimum Gasteiger partial charge on any atom is -0.489 e. The van der Waals surface area contributed by atoms with Crippen molar-refractivity contribution in [3.8, 4) is 5.75 Å². The van der Waals surface area contributed by atoms with E-state index < -0.39 is 0 Å². The number of likely N-dealkylation sites (tertiary alicyclic amines) is 1. The molecule has 1 aliphatic rings. The minimum absolute atomic E-state index is 0.0473. The molecule has 1 fully saturated rings. The highest BCUT2D eigenvalue weighted by Crippen LogP contribution is 2.21. The summed E-state index contributed by atoms with van der Waals surface area (Å²) in [7, 11) is 0. The van der Waals surface area contributed by atoms with E-state index in [2.05, 4.69) is 0 Å². The predicted molar refractivity (Wildman–Crippen MR) is 75.9 cm³/mol. The fourth-order valence-electron chi connectivity index (χ4n) is 2.38. The van der Waals surface area contributed by atoms with Crippen molar-refractivity contribution in [2.45, 2.75) is 32.8 Å². The number of rotatable bonds is 3. The Morgan fingerprint density at radius 1 is 1.47 bits per heavy atom. The molecule has 4 nitrogen and oxygen atoms in total. The first-order chi connectivity index (χ1) is 9.06. The van der Waals surface area contributed by atoms with Crippen molar-refractivity contribution < 1.29 is 9.53 Å². The van der Waals surface area contributed by atoms with E-state index in [-0.39, 0.29) is 17.9 Å². The lowest BCUT2D eigenvalue weighted by Gasteiger charge is -2.34. The second-order valence-electron chi connectivity index (χ2n) is 5.39. The summed E-state index contributed by atoms with van der Waals surface area (Å²) in [5, 5.41) is 0. The summed E-state index contributed by atoms with van der Waals surface area (Å²) in [6.07, 6.45) is 2.04. The van der Waals surface area contributed by atoms with Crippen LogP contribution in [0.1, 0.15) is 26.7 Å². The first kappa shape index (κ1) is 13.7. The molecule has 1 saturated heterocycles. The van der Waals surface area contributed by atoms with Crippen molar-refractivity contribution in [3.63, 3.8) is 0 Å². The molecule has 1 aromatic rings. The minimum atomic E-state index is 0.0473. The second-order valence-corrected chi connectivity index (χ2v) is 5.39. The number of anilines is 1. The van der Waals surface area contributed by atoms with Crippen LogP contribution >= 0.6 is 0 Å². The van der Waals surface area contributed by atoms with Crippen molar-refractivity contribution in [3.05, 3.63) is 24.3 Å². The molecular formula is C15H22N2O2. The molecule has 0 aliphatic carbocycles. The molecule has 0 spiro atoms. The number of hydrogen-bond donors (Lipinski definition) is 1. The van der Waals surface area contributed by atoms with Gasteiger partial charge in [-0.1, -0.05) is 19.9 Å². The Morgan fingerprint density at radius 3 is 2.95 bits per heavy atom. The third kappa shape index (κ3) is 3.63. The summed E-state index contributed by atoms with van der Waals surface area (Å²) in [6, 6.07) is 7.44. The van der Waals surface area contributed by atoms with Gasteiger partial charge in [-0.25, -0.2) is 0 Å². The van der Waals surface area contributed by atoms with Crippen LogP contribution in [-0.2, 0) is 4.79 Å². The third-order valence-corrected chi connectivity index (χ3v) is 3.34. The molecule has 1 atom stereocenters. The van der Waals surface area contributed by atoms with Gasteiger partial charge in [-0.05, 0) is 25.0 Å². The van der Waals surface area contributed by atoms with Gasteiger partial charge >= 0.3 is 0 Å². The maximum Gasteiger partial charge on any atom is 0.225 e. The molecule has 1 amide bonds. The fraction of sp³-hybridized carbons (Fsp3) is 0.533. The van der Waals surface area contributed by atoms with E-state index in [1.54, 1.807) is 0 Å². The number of ether oxygens (including phenoxy) is 1. The van der Waals surface area contributed by atoms with Crippen LogP contribution in [0.2, 0.25) is 0 Å². The van der Waals surface area contributed by atoms with E-state index in [0.29, 0.717) is 12.2 Å². The predicted octanol–water partition coefficient (Wildman–Crippen LogP) is 2.29. The van der Waals surface area contributed by atoms with Crippen LogP contribution in [0.15, 0.2) is 24.3 Å². The van der Waals surface area contributed by atoms with Crippen molar-refractivity contribution in [1.82, 2.24) is 4.90 Å². The molecule has 1 unspecified atom stereocenters. The number of nitrogens with two attached hydrogens (primary N) is 1. The molecule has 19 heavy (non-hydrogen) atoms. The van der Waals surface area contributed by atoms with Crippen molar-refractivity contribution in [1.29, 1.82) is 0 Å². The number of benzene rings is 1. The molecule has 4 heteroatoms. The van der Waals surface area contributed by atoms with Crippen LogP contribution < -0.4 is 10.5 Å². The van der Waals surface area contributed by atoms with Gasteiger partial charge in [-0.15, -0.1) is 0 Å². The number of hydrogen-bond acceptors (Lipinski definition) is 3. The van der Waals surface area contributed by atoms with Crippen LogP contribution in [0.3, 0.4) is 0 Å². The number of amides is 1. The normalized spacial score (nSPS) is 19.5. The van der Waals surface area contributed by atoms with Gasteiger partial charge in [0.2, 0.25) is 5.91 Å². The molecule has 0 saturated carbocycles. The van der Waals surface area contributed by atoms with E-state index in [1.165, 1.54) is 0 Å². The van der Waals surface area contributed by atoms with Gasteiger partial charge in [0.1, 0.15) is 11.9 Å². The SMILES string of the molecule is CC(C)C(=O)N1CCCC(Oc2cccc(N)c2)C1. The summed E-state index contributed by atoms with van der Waals surface area (Å²) >= 11 is 0. The van der Waals surface area contributed by atoms with E-state index >= 15 is 0 Å². The molecule has 1 aromatic carbocycles. The van der Waals surface area contributed by atoms with Crippen LogP contribution in [0, 0.1) is 5.92 Å². The Hall–Kier alpha value is -1.71. The molecule has 1 heterocycles. The average Bonchev–Trinajstić information content (AvgIpc) is 2.38. The molecule has 2 N–H and O–H groups in total. The Morgan fingerprint density at radius 2 is 2.26 bits per heavy atom. The quantitative estimate of drug-likeness (QED) is 0.850. The lowest BCUT2D eigenvalue weighted by molar-refractivity contribution is -0.137. The molecule has 0 aromatic heterocycles. The maximum absolute atomic E-state index is 12.0. The zero-order valence-electron chi connectivity index (χ0n) is 11.6. The van der Waals surface area contributed by atoms with Crippen LogP contribution in [0.4, 0.5) is 5.69 Å². The van der Waals surface area contributed by atoms with Crippen LogP contribution in [-0.4, -0.2) is 30.0 Å². The number of nitrogen functional groups attached to an aromatic ring is 1. The van der Waals surface area contributed by atoms with Gasteiger partial charge in [-0.3, -0.25) is 4.79 Å². The topological polar surface area (TPSA) is 55.6 Å². The maximum atomic E-state index is 12.0. The molecule has 2 rings (SSSR count). The van der Waals surface area contributed by atoms with Crippen LogP contribution in [0.5, 0.6) is 5.75 Å². The van der Waals surface area contributed by atoms with E-state index in [9.17, 15) is 4.79 Å². The lowest BCUT2D eigenvalue weighted by atomic mass is 10.1. The summed E-state index contributed by atoms with van der Waals surface area (Å²) in [5.41, 5.74) is 6.43. The zero-order valence-corrected chi connectivity index (χ0v) is 11.6. The smallest absolute Gasteiger partial charge is 0.225 e. The largest absolute Gasteiger partial charge is 0.489 e. The lowest BCUT2D eigenvalue weighted by Crippen LogP contribution is -2.45.